The molecule has 124 valence electrons. The van der Waals surface area contributed by atoms with Crippen LogP contribution in [0.3, 0.4) is 0 Å². The van der Waals surface area contributed by atoms with Gasteiger partial charge in [0.15, 0.2) is 0 Å². The Morgan fingerprint density at radius 1 is 1.10 bits per heavy atom. The molecule has 0 bridgehead atoms. The molecule has 1 aliphatic carbocycles. The summed E-state index contributed by atoms with van der Waals surface area (Å²) < 4.78 is 0. The minimum Gasteiger partial charge on any atom is -0.481 e. The van der Waals surface area contributed by atoms with Crippen molar-refractivity contribution >= 4 is 5.97 Å². The van der Waals surface area contributed by atoms with E-state index in [1.807, 2.05) is 0 Å². The number of rotatable bonds is 8. The summed E-state index contributed by atoms with van der Waals surface area (Å²) in [5.74, 6) is 0.0198. The molecule has 0 aliphatic heterocycles. The average molecular weight is 297 g/mol. The van der Waals surface area contributed by atoms with E-state index in [-0.39, 0.29) is 0 Å². The predicted octanol–water partition coefficient (Wildman–Crippen LogP) is 4.56. The van der Waals surface area contributed by atoms with Crippen molar-refractivity contribution in [3.63, 3.8) is 0 Å². The number of carboxylic acid groups (broad SMARTS) is 1. The molecular formula is C18H35NO2. The Labute approximate surface area is 131 Å². The van der Waals surface area contributed by atoms with E-state index in [2.05, 4.69) is 32.6 Å². The maximum Gasteiger partial charge on any atom is 0.310 e. The van der Waals surface area contributed by atoms with Crippen LogP contribution < -0.4 is 0 Å². The monoisotopic (exact) mass is 297 g/mol. The molecule has 1 aliphatic rings. The van der Waals surface area contributed by atoms with Crippen LogP contribution in [0.2, 0.25) is 0 Å². The molecular weight excluding hydrogens is 262 g/mol. The highest BCUT2D eigenvalue weighted by Gasteiger charge is 2.41. The molecule has 1 N–H and O–H groups in total. The van der Waals surface area contributed by atoms with Gasteiger partial charge >= 0.3 is 5.97 Å². The Bertz CT molecular complexity index is 302. The van der Waals surface area contributed by atoms with Crippen LogP contribution in [0.5, 0.6) is 0 Å². The Morgan fingerprint density at radius 2 is 1.62 bits per heavy atom. The van der Waals surface area contributed by atoms with Crippen molar-refractivity contribution in [2.45, 2.75) is 85.1 Å². The zero-order valence-corrected chi connectivity index (χ0v) is 14.5. The lowest BCUT2D eigenvalue weighted by atomic mass is 9.79. The van der Waals surface area contributed by atoms with Gasteiger partial charge in [0, 0.05) is 19.1 Å². The van der Waals surface area contributed by atoms with Gasteiger partial charge in [0.25, 0.3) is 0 Å². The average Bonchev–Trinajstić information content (AvgIpc) is 2.66. The summed E-state index contributed by atoms with van der Waals surface area (Å²) in [5, 5.41) is 9.90. The van der Waals surface area contributed by atoms with Gasteiger partial charge in [-0.05, 0) is 31.6 Å². The van der Waals surface area contributed by atoms with Gasteiger partial charge in [0.1, 0.15) is 0 Å². The molecule has 1 rings (SSSR count). The smallest absolute Gasteiger partial charge is 0.310 e. The zero-order valence-electron chi connectivity index (χ0n) is 14.5. The molecule has 21 heavy (non-hydrogen) atoms. The molecule has 0 aromatic heterocycles. The fourth-order valence-electron chi connectivity index (χ4n) is 3.85. The predicted molar refractivity (Wildman–Crippen MR) is 88.6 cm³/mol. The number of carboxylic acids is 1. The van der Waals surface area contributed by atoms with Gasteiger partial charge in [-0.25, -0.2) is 0 Å². The highest BCUT2D eigenvalue weighted by atomic mass is 16.4. The van der Waals surface area contributed by atoms with E-state index in [1.54, 1.807) is 0 Å². The quantitative estimate of drug-likeness (QED) is 0.668. The second-order valence-corrected chi connectivity index (χ2v) is 7.29. The van der Waals surface area contributed by atoms with Crippen LogP contribution in [0, 0.1) is 11.3 Å². The third-order valence-electron chi connectivity index (χ3n) is 5.08. The molecule has 0 unspecified atom stereocenters. The Morgan fingerprint density at radius 3 is 2.00 bits per heavy atom. The molecule has 1 saturated carbocycles. The van der Waals surface area contributed by atoms with Crippen LogP contribution in [-0.2, 0) is 4.79 Å². The van der Waals surface area contributed by atoms with Crippen molar-refractivity contribution in [2.24, 2.45) is 11.3 Å². The largest absolute Gasteiger partial charge is 0.481 e. The summed E-state index contributed by atoms with van der Waals surface area (Å²) in [7, 11) is 0. The molecule has 3 heteroatoms. The molecule has 0 amide bonds. The molecule has 0 aromatic rings. The third kappa shape index (κ3) is 5.28. The number of hydrogen-bond donors (Lipinski definition) is 1. The Kier molecular flexibility index (Phi) is 7.72. The van der Waals surface area contributed by atoms with Gasteiger partial charge in [-0.1, -0.05) is 53.4 Å². The van der Waals surface area contributed by atoms with E-state index in [0.29, 0.717) is 12.0 Å². The molecule has 0 aromatic carbocycles. The first-order valence-electron chi connectivity index (χ1n) is 8.92. The highest BCUT2D eigenvalue weighted by molar-refractivity contribution is 5.75. The fourth-order valence-corrected chi connectivity index (χ4v) is 3.85. The number of aliphatic carboxylic acids is 1. The lowest BCUT2D eigenvalue weighted by Gasteiger charge is -2.39. The Hall–Kier alpha value is -0.570. The van der Waals surface area contributed by atoms with Gasteiger partial charge in [0.05, 0.1) is 5.41 Å². The minimum atomic E-state index is -0.566. The standard InChI is InChI=1S/C18H35NO2/c1-5-16(6-2)19(13-15(3)4)14-18(17(20)21)11-9-7-8-10-12-18/h15-16H,5-14H2,1-4H3,(H,20,21). The summed E-state index contributed by atoms with van der Waals surface area (Å²) in [5.41, 5.74) is -0.506. The van der Waals surface area contributed by atoms with Crippen LogP contribution in [0.1, 0.15) is 79.1 Å². The molecule has 3 nitrogen and oxygen atoms in total. The van der Waals surface area contributed by atoms with Crippen LogP contribution in [0.15, 0.2) is 0 Å². The zero-order chi connectivity index (χ0) is 15.9. The molecule has 0 heterocycles. The Balaban J connectivity index is 2.91. The van der Waals surface area contributed by atoms with Crippen molar-refractivity contribution in [1.29, 1.82) is 0 Å². The number of carbonyl (C=O) groups is 1. The first kappa shape index (κ1) is 18.5. The van der Waals surface area contributed by atoms with Crippen LogP contribution in [0.25, 0.3) is 0 Å². The summed E-state index contributed by atoms with van der Waals surface area (Å²) in [6, 6.07) is 0.520. The first-order valence-corrected chi connectivity index (χ1v) is 8.92. The number of nitrogens with zero attached hydrogens (tertiary/aromatic N) is 1. The van der Waals surface area contributed by atoms with E-state index >= 15 is 0 Å². The van der Waals surface area contributed by atoms with Gasteiger partial charge in [-0.3, -0.25) is 9.69 Å². The van der Waals surface area contributed by atoms with E-state index in [0.717, 1.165) is 51.6 Å². The van der Waals surface area contributed by atoms with Gasteiger partial charge in [-0.2, -0.15) is 0 Å². The van der Waals surface area contributed by atoms with E-state index in [9.17, 15) is 9.90 Å². The van der Waals surface area contributed by atoms with Crippen molar-refractivity contribution < 1.29 is 9.90 Å². The molecule has 0 atom stereocenters. The first-order chi connectivity index (χ1) is 9.95. The number of hydrogen-bond acceptors (Lipinski definition) is 2. The van der Waals surface area contributed by atoms with Crippen LogP contribution in [0.4, 0.5) is 0 Å². The lowest BCUT2D eigenvalue weighted by molar-refractivity contribution is -0.152. The van der Waals surface area contributed by atoms with Crippen LogP contribution in [-0.4, -0.2) is 35.1 Å². The van der Waals surface area contributed by atoms with E-state index in [1.165, 1.54) is 12.8 Å². The van der Waals surface area contributed by atoms with Crippen LogP contribution >= 0.6 is 0 Å². The van der Waals surface area contributed by atoms with Crippen molar-refractivity contribution in [3.8, 4) is 0 Å². The molecule has 0 saturated heterocycles. The molecule has 0 radical (unpaired) electrons. The summed E-state index contributed by atoms with van der Waals surface area (Å²) in [4.78, 5) is 14.5. The second-order valence-electron chi connectivity index (χ2n) is 7.29. The summed E-state index contributed by atoms with van der Waals surface area (Å²) >= 11 is 0. The normalized spacial score (nSPS) is 19.2. The van der Waals surface area contributed by atoms with Crippen molar-refractivity contribution in [2.75, 3.05) is 13.1 Å². The van der Waals surface area contributed by atoms with E-state index in [4.69, 9.17) is 0 Å². The van der Waals surface area contributed by atoms with Gasteiger partial charge in [0.2, 0.25) is 0 Å². The molecule has 1 fully saturated rings. The maximum absolute atomic E-state index is 12.0. The van der Waals surface area contributed by atoms with E-state index < -0.39 is 11.4 Å². The molecule has 0 spiro atoms. The minimum absolute atomic E-state index is 0.506. The third-order valence-corrected chi connectivity index (χ3v) is 5.08. The highest BCUT2D eigenvalue weighted by Crippen LogP contribution is 2.37. The summed E-state index contributed by atoms with van der Waals surface area (Å²) in [6.45, 7) is 10.7. The maximum atomic E-state index is 12.0. The van der Waals surface area contributed by atoms with Crippen molar-refractivity contribution in [1.82, 2.24) is 4.90 Å². The summed E-state index contributed by atoms with van der Waals surface area (Å²) in [6.07, 6.45) is 8.48. The fraction of sp³-hybridized carbons (Fsp3) is 0.944. The van der Waals surface area contributed by atoms with Crippen molar-refractivity contribution in [3.05, 3.63) is 0 Å². The lowest BCUT2D eigenvalue weighted by Crippen LogP contribution is -2.48. The SMILES string of the molecule is CCC(CC)N(CC(C)C)CC1(C(=O)O)CCCCCC1. The second kappa shape index (κ2) is 8.77. The van der Waals surface area contributed by atoms with Gasteiger partial charge < -0.3 is 5.11 Å². The van der Waals surface area contributed by atoms with Gasteiger partial charge in [-0.15, -0.1) is 0 Å². The topological polar surface area (TPSA) is 40.5 Å².